The molecule has 0 aliphatic carbocycles. The molecular formula is C18H24N4O6. The first-order valence-electron chi connectivity index (χ1n) is 8.67. The minimum atomic E-state index is -1.51. The Labute approximate surface area is 160 Å². The number of aromatic amines is 1. The molecule has 10 nitrogen and oxygen atoms in total. The third kappa shape index (κ3) is 5.06. The molecule has 0 radical (unpaired) electrons. The first-order chi connectivity index (χ1) is 13.2. The predicted molar refractivity (Wildman–Crippen MR) is 100 cm³/mol. The minimum Gasteiger partial charge on any atom is -0.480 e. The second kappa shape index (κ2) is 9.31. The van der Waals surface area contributed by atoms with Crippen LogP contribution in [0, 0.1) is 0 Å². The second-order valence-corrected chi connectivity index (χ2v) is 6.47. The van der Waals surface area contributed by atoms with E-state index in [-0.39, 0.29) is 6.42 Å². The number of hydrogen-bond donors (Lipinski definition) is 7. The van der Waals surface area contributed by atoms with Gasteiger partial charge in [0, 0.05) is 23.5 Å². The van der Waals surface area contributed by atoms with Crippen LogP contribution in [0.25, 0.3) is 10.9 Å². The van der Waals surface area contributed by atoms with Gasteiger partial charge >= 0.3 is 5.97 Å². The van der Waals surface area contributed by atoms with Crippen LogP contribution >= 0.6 is 0 Å². The maximum absolute atomic E-state index is 12.6. The molecule has 0 fully saturated rings. The molecule has 0 spiro atoms. The highest BCUT2D eigenvalue weighted by Gasteiger charge is 2.29. The van der Waals surface area contributed by atoms with Crippen LogP contribution in [0.3, 0.4) is 0 Å². The molecule has 1 heterocycles. The number of nitrogens with one attached hydrogen (secondary N) is 3. The molecule has 152 valence electrons. The molecule has 0 aliphatic heterocycles. The van der Waals surface area contributed by atoms with Crippen LogP contribution < -0.4 is 16.4 Å². The van der Waals surface area contributed by atoms with Crippen molar-refractivity contribution in [1.82, 2.24) is 15.6 Å². The lowest BCUT2D eigenvalue weighted by atomic mass is 10.0. The first kappa shape index (κ1) is 21.4. The van der Waals surface area contributed by atoms with Gasteiger partial charge in [-0.25, -0.2) is 4.79 Å². The summed E-state index contributed by atoms with van der Waals surface area (Å²) in [6, 6.07) is 3.42. The lowest BCUT2D eigenvalue weighted by molar-refractivity contribution is -0.143. The van der Waals surface area contributed by atoms with E-state index in [0.29, 0.717) is 0 Å². The lowest BCUT2D eigenvalue weighted by Crippen LogP contribution is -2.57. The molecule has 0 unspecified atom stereocenters. The molecule has 8 N–H and O–H groups in total. The quantitative estimate of drug-likeness (QED) is 0.270. The van der Waals surface area contributed by atoms with Crippen molar-refractivity contribution in [2.45, 2.75) is 37.6 Å². The third-order valence-electron chi connectivity index (χ3n) is 4.35. The summed E-state index contributed by atoms with van der Waals surface area (Å²) >= 11 is 0. The Morgan fingerprint density at radius 3 is 2.39 bits per heavy atom. The van der Waals surface area contributed by atoms with Gasteiger partial charge in [-0.15, -0.1) is 0 Å². The summed E-state index contributed by atoms with van der Waals surface area (Å²) in [6.07, 6.45) is 0.596. The number of para-hydroxylation sites is 1. The van der Waals surface area contributed by atoms with Crippen molar-refractivity contribution in [2.75, 3.05) is 6.61 Å². The Morgan fingerprint density at radius 2 is 1.79 bits per heavy atom. The number of carbonyl (C=O) groups excluding carboxylic acids is 2. The molecule has 10 heteroatoms. The number of fused-ring (bicyclic) bond motifs is 1. The number of carbonyl (C=O) groups is 3. The van der Waals surface area contributed by atoms with E-state index in [1.807, 2.05) is 24.3 Å². The molecule has 28 heavy (non-hydrogen) atoms. The maximum Gasteiger partial charge on any atom is 0.328 e. The van der Waals surface area contributed by atoms with Crippen molar-refractivity contribution < 1.29 is 29.7 Å². The summed E-state index contributed by atoms with van der Waals surface area (Å²) in [5.41, 5.74) is 7.17. The summed E-state index contributed by atoms with van der Waals surface area (Å²) in [5, 5.41) is 33.1. The first-order valence-corrected chi connectivity index (χ1v) is 8.67. The summed E-state index contributed by atoms with van der Waals surface area (Å²) < 4.78 is 0. The summed E-state index contributed by atoms with van der Waals surface area (Å²) in [7, 11) is 0. The van der Waals surface area contributed by atoms with Crippen molar-refractivity contribution >= 4 is 28.7 Å². The maximum atomic E-state index is 12.6. The van der Waals surface area contributed by atoms with Crippen LogP contribution in [-0.2, 0) is 20.8 Å². The Hall–Kier alpha value is -2.95. The van der Waals surface area contributed by atoms with Crippen LogP contribution in [0.15, 0.2) is 30.5 Å². The number of rotatable bonds is 9. The monoisotopic (exact) mass is 392 g/mol. The average molecular weight is 392 g/mol. The molecular weight excluding hydrogens is 368 g/mol. The Kier molecular flexibility index (Phi) is 7.10. The topological polar surface area (TPSA) is 178 Å². The van der Waals surface area contributed by atoms with Gasteiger partial charge in [-0.3, -0.25) is 9.59 Å². The summed E-state index contributed by atoms with van der Waals surface area (Å²) in [6.45, 7) is 0.535. The highest BCUT2D eigenvalue weighted by Crippen LogP contribution is 2.19. The molecule has 1 aromatic carbocycles. The third-order valence-corrected chi connectivity index (χ3v) is 4.35. The Balaban J connectivity index is 2.25. The molecule has 0 aliphatic rings. The Bertz CT molecular complexity index is 849. The normalized spacial score (nSPS) is 15.4. The minimum absolute atomic E-state index is 0.0475. The van der Waals surface area contributed by atoms with Crippen molar-refractivity contribution in [2.24, 2.45) is 5.73 Å². The molecule has 2 rings (SSSR count). The largest absolute Gasteiger partial charge is 0.480 e. The van der Waals surface area contributed by atoms with Crippen LogP contribution in [0.2, 0.25) is 0 Å². The van der Waals surface area contributed by atoms with E-state index in [0.717, 1.165) is 16.5 Å². The fourth-order valence-corrected chi connectivity index (χ4v) is 2.67. The number of hydrogen-bond acceptors (Lipinski definition) is 6. The summed E-state index contributed by atoms with van der Waals surface area (Å²) in [5.74, 6) is -2.96. The van der Waals surface area contributed by atoms with Gasteiger partial charge in [0.15, 0.2) is 0 Å². The molecule has 2 amide bonds. The van der Waals surface area contributed by atoms with Crippen molar-refractivity contribution in [1.29, 1.82) is 0 Å². The Morgan fingerprint density at radius 1 is 1.14 bits per heavy atom. The fourth-order valence-electron chi connectivity index (χ4n) is 2.67. The van der Waals surface area contributed by atoms with Gasteiger partial charge in [-0.05, 0) is 18.6 Å². The lowest BCUT2D eigenvalue weighted by Gasteiger charge is -2.23. The smallest absolute Gasteiger partial charge is 0.328 e. The molecule has 0 saturated carbocycles. The number of aromatic nitrogens is 1. The van der Waals surface area contributed by atoms with E-state index < -0.39 is 48.6 Å². The van der Waals surface area contributed by atoms with Gasteiger partial charge in [0.1, 0.15) is 18.1 Å². The van der Waals surface area contributed by atoms with Gasteiger partial charge in [0.2, 0.25) is 11.8 Å². The second-order valence-electron chi connectivity index (χ2n) is 6.47. The zero-order valence-corrected chi connectivity index (χ0v) is 15.3. The van der Waals surface area contributed by atoms with Crippen LogP contribution in [0.4, 0.5) is 0 Å². The van der Waals surface area contributed by atoms with E-state index in [1.165, 1.54) is 6.92 Å². The van der Waals surface area contributed by atoms with Crippen LogP contribution in [0.1, 0.15) is 12.5 Å². The van der Waals surface area contributed by atoms with E-state index in [4.69, 9.17) is 15.9 Å². The molecule has 1 aromatic heterocycles. The average Bonchev–Trinajstić information content (AvgIpc) is 3.07. The standard InChI is InChI=1S/C18H24N4O6/c1-9(24)15(19)17(26)21-13(16(25)22-14(8-23)18(27)28)6-10-7-20-12-5-3-2-4-11(10)12/h2-5,7,9,13-15,20,23-24H,6,8,19H2,1H3,(H,21,26)(H,22,25)(H,27,28)/t9-,13+,14+,15+/m1/s1. The number of benzene rings is 1. The molecule has 4 atom stereocenters. The van der Waals surface area contributed by atoms with E-state index in [1.54, 1.807) is 6.20 Å². The molecule has 0 saturated heterocycles. The molecule has 2 aromatic rings. The number of H-pyrrole nitrogens is 1. The molecule has 0 bridgehead atoms. The number of aliphatic hydroxyl groups excluding tert-OH is 2. The highest BCUT2D eigenvalue weighted by molar-refractivity contribution is 5.93. The van der Waals surface area contributed by atoms with Gasteiger partial charge in [0.25, 0.3) is 0 Å². The van der Waals surface area contributed by atoms with E-state index in [9.17, 15) is 19.5 Å². The summed E-state index contributed by atoms with van der Waals surface area (Å²) in [4.78, 5) is 39.0. The van der Waals surface area contributed by atoms with E-state index in [2.05, 4.69) is 15.6 Å². The number of aliphatic hydroxyl groups is 2. The number of amides is 2. The number of carboxylic acid groups (broad SMARTS) is 1. The number of aliphatic carboxylic acids is 1. The van der Waals surface area contributed by atoms with Crippen LogP contribution in [-0.4, -0.2) is 68.9 Å². The fraction of sp³-hybridized carbons (Fsp3) is 0.389. The van der Waals surface area contributed by atoms with E-state index >= 15 is 0 Å². The highest BCUT2D eigenvalue weighted by atomic mass is 16.4. The van der Waals surface area contributed by atoms with Gasteiger partial charge < -0.3 is 36.7 Å². The van der Waals surface area contributed by atoms with Gasteiger partial charge in [-0.1, -0.05) is 18.2 Å². The predicted octanol–water partition coefficient (Wildman–Crippen LogP) is -1.53. The van der Waals surface area contributed by atoms with Gasteiger partial charge in [-0.2, -0.15) is 0 Å². The zero-order chi connectivity index (χ0) is 20.8. The number of nitrogens with two attached hydrogens (primary N) is 1. The zero-order valence-electron chi connectivity index (χ0n) is 15.3. The number of carboxylic acids is 1. The van der Waals surface area contributed by atoms with Gasteiger partial charge in [0.05, 0.1) is 12.7 Å². The van der Waals surface area contributed by atoms with Crippen molar-refractivity contribution in [3.8, 4) is 0 Å². The van der Waals surface area contributed by atoms with Crippen molar-refractivity contribution in [3.05, 3.63) is 36.0 Å². The van der Waals surface area contributed by atoms with Crippen molar-refractivity contribution in [3.63, 3.8) is 0 Å². The van der Waals surface area contributed by atoms with Crippen LogP contribution in [0.5, 0.6) is 0 Å². The SMILES string of the molecule is C[C@@H](O)[C@H](N)C(=O)N[C@@H](Cc1c[nH]c2ccccc12)C(=O)N[C@@H](CO)C(=O)O.